The Balaban J connectivity index is 1.55. The van der Waals surface area contributed by atoms with Crippen molar-refractivity contribution in [2.24, 2.45) is 10.9 Å². The molecule has 1 atom stereocenters. The molecule has 3 rings (SSSR count). The molecule has 0 aliphatic carbocycles. The quantitative estimate of drug-likeness (QED) is 0.797. The normalized spacial score (nSPS) is 23.8. The van der Waals surface area contributed by atoms with Crippen molar-refractivity contribution in [1.82, 2.24) is 4.90 Å². The number of fused-ring (bicyclic) bond motifs is 1. The largest absolute Gasteiger partial charge is 0.306 e. The summed E-state index contributed by atoms with van der Waals surface area (Å²) >= 11 is 1.96. The summed E-state index contributed by atoms with van der Waals surface area (Å²) in [5, 5.41) is 1.31. The van der Waals surface area contributed by atoms with Crippen LogP contribution in [0.2, 0.25) is 0 Å². The zero-order valence-corrected chi connectivity index (χ0v) is 11.0. The Morgan fingerprint density at radius 1 is 1.41 bits per heavy atom. The van der Waals surface area contributed by atoms with Crippen molar-refractivity contribution in [3.8, 4) is 0 Å². The number of aliphatic imine (C=N–C) groups is 1. The van der Waals surface area contributed by atoms with Gasteiger partial charge in [0.1, 0.15) is 0 Å². The molecular formula is C14H18N2S. The predicted octanol–water partition coefficient (Wildman–Crippen LogP) is 2.96. The fraction of sp³-hybridized carbons (Fsp3) is 0.500. The van der Waals surface area contributed by atoms with Gasteiger partial charge in [-0.05, 0) is 37.6 Å². The molecule has 0 saturated carbocycles. The van der Waals surface area contributed by atoms with Gasteiger partial charge < -0.3 is 4.90 Å². The summed E-state index contributed by atoms with van der Waals surface area (Å²) in [5.41, 5.74) is 2.57. The topological polar surface area (TPSA) is 15.6 Å². The molecule has 2 aliphatic rings. The standard InChI is InChI=1S/C14H18N2S/c1-16-7-6-11(9-16)10-17-14-8-12-4-2-3-5-13(12)15-14/h2-5,11H,6-10H2,1H3. The fourth-order valence-electron chi connectivity index (χ4n) is 2.57. The van der Waals surface area contributed by atoms with E-state index in [0.717, 1.165) is 12.3 Å². The molecule has 17 heavy (non-hydrogen) atoms. The van der Waals surface area contributed by atoms with Crippen molar-refractivity contribution < 1.29 is 0 Å². The molecule has 2 heterocycles. The molecule has 0 N–H and O–H groups in total. The minimum Gasteiger partial charge on any atom is -0.306 e. The second-order valence-electron chi connectivity index (χ2n) is 5.04. The van der Waals surface area contributed by atoms with Crippen molar-refractivity contribution in [2.75, 3.05) is 25.9 Å². The number of likely N-dealkylation sites (tertiary alicyclic amines) is 1. The third-order valence-corrected chi connectivity index (χ3v) is 4.76. The van der Waals surface area contributed by atoms with Gasteiger partial charge in [0.2, 0.25) is 0 Å². The van der Waals surface area contributed by atoms with Crippen LogP contribution in [0.25, 0.3) is 0 Å². The van der Waals surface area contributed by atoms with Crippen LogP contribution in [0.1, 0.15) is 12.0 Å². The van der Waals surface area contributed by atoms with Crippen LogP contribution < -0.4 is 0 Å². The van der Waals surface area contributed by atoms with E-state index in [4.69, 9.17) is 4.99 Å². The highest BCUT2D eigenvalue weighted by Crippen LogP contribution is 2.31. The highest BCUT2D eigenvalue weighted by Gasteiger charge is 2.21. The number of rotatable bonds is 2. The summed E-state index contributed by atoms with van der Waals surface area (Å²) in [7, 11) is 2.22. The molecule has 1 aromatic rings. The lowest BCUT2D eigenvalue weighted by Gasteiger charge is -2.09. The maximum atomic E-state index is 4.70. The smallest absolute Gasteiger partial charge is 0.0783 e. The van der Waals surface area contributed by atoms with Gasteiger partial charge in [-0.3, -0.25) is 0 Å². The third-order valence-electron chi connectivity index (χ3n) is 3.55. The Labute approximate surface area is 107 Å². The molecule has 1 saturated heterocycles. The second-order valence-corrected chi connectivity index (χ2v) is 6.13. The summed E-state index contributed by atoms with van der Waals surface area (Å²) in [6, 6.07) is 8.48. The molecule has 90 valence electrons. The van der Waals surface area contributed by atoms with Crippen LogP contribution in [0.3, 0.4) is 0 Å². The minimum atomic E-state index is 0.858. The molecule has 2 aliphatic heterocycles. The molecule has 0 spiro atoms. The fourth-order valence-corrected chi connectivity index (χ4v) is 3.69. The van der Waals surface area contributed by atoms with Crippen LogP contribution in [0.15, 0.2) is 29.3 Å². The first kappa shape index (κ1) is 11.3. The molecule has 0 radical (unpaired) electrons. The van der Waals surface area contributed by atoms with Gasteiger partial charge in [-0.1, -0.05) is 18.2 Å². The monoisotopic (exact) mass is 246 g/mol. The van der Waals surface area contributed by atoms with Gasteiger partial charge in [0.05, 0.1) is 10.7 Å². The van der Waals surface area contributed by atoms with Gasteiger partial charge in [-0.25, -0.2) is 4.99 Å². The van der Waals surface area contributed by atoms with E-state index in [1.807, 2.05) is 11.8 Å². The maximum Gasteiger partial charge on any atom is 0.0783 e. The third kappa shape index (κ3) is 2.55. The van der Waals surface area contributed by atoms with Crippen LogP contribution in [0, 0.1) is 5.92 Å². The number of hydrogen-bond donors (Lipinski definition) is 0. The van der Waals surface area contributed by atoms with Crippen LogP contribution in [0.4, 0.5) is 5.69 Å². The average Bonchev–Trinajstić information content (AvgIpc) is 2.91. The second kappa shape index (κ2) is 4.83. The van der Waals surface area contributed by atoms with E-state index in [9.17, 15) is 0 Å². The molecule has 3 heteroatoms. The molecule has 0 bridgehead atoms. The van der Waals surface area contributed by atoms with Gasteiger partial charge in [0.25, 0.3) is 0 Å². The predicted molar refractivity (Wildman–Crippen MR) is 75.3 cm³/mol. The van der Waals surface area contributed by atoms with E-state index in [1.165, 1.54) is 41.6 Å². The van der Waals surface area contributed by atoms with Crippen molar-refractivity contribution in [2.45, 2.75) is 12.8 Å². The van der Waals surface area contributed by atoms with E-state index < -0.39 is 0 Å². The molecule has 1 unspecified atom stereocenters. The summed E-state index contributed by atoms with van der Waals surface area (Å²) in [6.45, 7) is 2.52. The average molecular weight is 246 g/mol. The number of thioether (sulfide) groups is 1. The maximum absolute atomic E-state index is 4.70. The van der Waals surface area contributed by atoms with Gasteiger partial charge in [0, 0.05) is 18.7 Å². The summed E-state index contributed by atoms with van der Waals surface area (Å²) < 4.78 is 0. The van der Waals surface area contributed by atoms with Gasteiger partial charge in [-0.2, -0.15) is 0 Å². The first-order valence-corrected chi connectivity index (χ1v) is 7.26. The van der Waals surface area contributed by atoms with E-state index in [1.54, 1.807) is 0 Å². The van der Waals surface area contributed by atoms with E-state index in [2.05, 4.69) is 36.2 Å². The van der Waals surface area contributed by atoms with Crippen LogP contribution in [-0.4, -0.2) is 35.8 Å². The van der Waals surface area contributed by atoms with Crippen molar-refractivity contribution in [3.05, 3.63) is 29.8 Å². The van der Waals surface area contributed by atoms with Gasteiger partial charge in [0.15, 0.2) is 0 Å². The number of para-hydroxylation sites is 1. The van der Waals surface area contributed by atoms with Gasteiger partial charge >= 0.3 is 0 Å². The highest BCUT2D eigenvalue weighted by molar-refractivity contribution is 8.14. The van der Waals surface area contributed by atoms with E-state index in [-0.39, 0.29) is 0 Å². The molecule has 0 amide bonds. The lowest BCUT2D eigenvalue weighted by molar-refractivity contribution is 0.403. The van der Waals surface area contributed by atoms with Gasteiger partial charge in [-0.15, -0.1) is 11.8 Å². The lowest BCUT2D eigenvalue weighted by Crippen LogP contribution is -2.15. The zero-order valence-electron chi connectivity index (χ0n) is 10.2. The summed E-state index contributed by atoms with van der Waals surface area (Å²) in [6.07, 6.45) is 2.40. The summed E-state index contributed by atoms with van der Waals surface area (Å²) in [4.78, 5) is 7.12. The van der Waals surface area contributed by atoms with Crippen molar-refractivity contribution in [1.29, 1.82) is 0 Å². The van der Waals surface area contributed by atoms with E-state index in [0.29, 0.717) is 0 Å². The first-order chi connectivity index (χ1) is 8.31. The zero-order chi connectivity index (χ0) is 11.7. The number of nitrogens with zero attached hydrogens (tertiary/aromatic N) is 2. The highest BCUT2D eigenvalue weighted by atomic mass is 32.2. The SMILES string of the molecule is CN1CCC(CSC2=Nc3ccccc3C2)C1. The molecule has 2 nitrogen and oxygen atoms in total. The van der Waals surface area contributed by atoms with Crippen molar-refractivity contribution >= 4 is 22.5 Å². The van der Waals surface area contributed by atoms with Crippen LogP contribution in [0.5, 0.6) is 0 Å². The molecule has 1 fully saturated rings. The Morgan fingerprint density at radius 2 is 2.29 bits per heavy atom. The summed E-state index contributed by atoms with van der Waals surface area (Å²) in [5.74, 6) is 2.09. The van der Waals surface area contributed by atoms with E-state index >= 15 is 0 Å². The Bertz CT molecular complexity index is 442. The van der Waals surface area contributed by atoms with Crippen LogP contribution >= 0.6 is 11.8 Å². The molecular weight excluding hydrogens is 228 g/mol. The number of benzene rings is 1. The Kier molecular flexibility index (Phi) is 3.21. The Morgan fingerprint density at radius 3 is 3.06 bits per heavy atom. The Hall–Kier alpha value is -0.800. The molecule has 1 aromatic carbocycles. The molecule has 0 aromatic heterocycles. The first-order valence-electron chi connectivity index (χ1n) is 6.28. The van der Waals surface area contributed by atoms with Crippen molar-refractivity contribution in [3.63, 3.8) is 0 Å². The lowest BCUT2D eigenvalue weighted by atomic mass is 10.2. The van der Waals surface area contributed by atoms with Crippen LogP contribution in [-0.2, 0) is 6.42 Å². The number of hydrogen-bond acceptors (Lipinski definition) is 3. The minimum absolute atomic E-state index is 0.858.